The average molecular weight is 289 g/mol. The number of nitrogens with one attached hydrogen (secondary N) is 3. The first-order valence-electron chi connectivity index (χ1n) is 6.23. The van der Waals surface area contributed by atoms with E-state index >= 15 is 0 Å². The number of carboxylic acids is 1. The molecule has 0 aliphatic carbocycles. The summed E-state index contributed by atoms with van der Waals surface area (Å²) in [6.45, 7) is 5.43. The zero-order valence-corrected chi connectivity index (χ0v) is 12.3. The first-order chi connectivity index (χ1) is 9.15. The van der Waals surface area contributed by atoms with Crippen LogP contribution in [-0.4, -0.2) is 54.9 Å². The summed E-state index contributed by atoms with van der Waals surface area (Å²) in [6.07, 6.45) is 0.146. The Morgan fingerprint density at radius 2 is 1.85 bits per heavy atom. The van der Waals surface area contributed by atoms with E-state index in [2.05, 4.69) is 16.0 Å². The van der Waals surface area contributed by atoms with E-state index < -0.39 is 23.6 Å². The number of methoxy groups -OCH3 is 1. The van der Waals surface area contributed by atoms with Crippen molar-refractivity contribution >= 4 is 17.9 Å². The fourth-order valence-electron chi connectivity index (χ4n) is 1.33. The minimum Gasteiger partial charge on any atom is -0.480 e. The molecular formula is C12H23N3O5. The van der Waals surface area contributed by atoms with Crippen molar-refractivity contribution in [3.05, 3.63) is 0 Å². The van der Waals surface area contributed by atoms with Gasteiger partial charge in [0.2, 0.25) is 5.91 Å². The maximum atomic E-state index is 11.5. The number of aliphatic carboxylic acids is 1. The highest BCUT2D eigenvalue weighted by Crippen LogP contribution is 1.97. The summed E-state index contributed by atoms with van der Waals surface area (Å²) in [5.41, 5.74) is -0.392. The summed E-state index contributed by atoms with van der Waals surface area (Å²) in [5.74, 6) is -1.51. The summed E-state index contributed by atoms with van der Waals surface area (Å²) < 4.78 is 4.76. The Bertz CT molecular complexity index is 351. The van der Waals surface area contributed by atoms with Crippen molar-refractivity contribution < 1.29 is 24.2 Å². The smallest absolute Gasteiger partial charge is 0.326 e. The summed E-state index contributed by atoms with van der Waals surface area (Å²) >= 11 is 0. The number of amides is 3. The average Bonchev–Trinajstić information content (AvgIpc) is 2.29. The zero-order chi connectivity index (χ0) is 15.8. The second kappa shape index (κ2) is 8.36. The van der Waals surface area contributed by atoms with Gasteiger partial charge in [0.25, 0.3) is 0 Å². The quantitative estimate of drug-likeness (QED) is 0.513. The van der Waals surface area contributed by atoms with Gasteiger partial charge in [0, 0.05) is 25.7 Å². The van der Waals surface area contributed by atoms with Gasteiger partial charge in [0.1, 0.15) is 6.04 Å². The third-order valence-corrected chi connectivity index (χ3v) is 2.14. The lowest BCUT2D eigenvalue weighted by molar-refractivity contribution is -0.139. The number of ether oxygens (including phenoxy) is 1. The number of hydrogen-bond donors (Lipinski definition) is 4. The second-order valence-electron chi connectivity index (χ2n) is 5.30. The number of hydrogen-bond acceptors (Lipinski definition) is 4. The molecule has 0 aliphatic rings. The Labute approximate surface area is 118 Å². The predicted octanol–water partition coefficient (Wildman–Crippen LogP) is -0.310. The summed E-state index contributed by atoms with van der Waals surface area (Å²) in [7, 11) is 1.44. The van der Waals surface area contributed by atoms with Crippen molar-refractivity contribution in [3.63, 3.8) is 0 Å². The Kier molecular flexibility index (Phi) is 7.60. The lowest BCUT2D eigenvalue weighted by Gasteiger charge is -2.21. The van der Waals surface area contributed by atoms with Gasteiger partial charge in [-0.3, -0.25) is 4.79 Å². The van der Waals surface area contributed by atoms with Crippen LogP contribution < -0.4 is 16.0 Å². The van der Waals surface area contributed by atoms with Crippen LogP contribution in [0.5, 0.6) is 0 Å². The minimum absolute atomic E-state index is 0.146. The van der Waals surface area contributed by atoms with Gasteiger partial charge in [-0.15, -0.1) is 0 Å². The van der Waals surface area contributed by atoms with Crippen LogP contribution in [0.4, 0.5) is 4.79 Å². The van der Waals surface area contributed by atoms with Gasteiger partial charge in [0.15, 0.2) is 0 Å². The van der Waals surface area contributed by atoms with Crippen LogP contribution in [-0.2, 0) is 14.3 Å². The molecule has 20 heavy (non-hydrogen) atoms. The maximum Gasteiger partial charge on any atom is 0.326 e. The standard InChI is InChI=1S/C12H23N3O5/c1-12(2,3)15-9(16)7-13-11(19)14-8(10(17)18)5-6-20-4/h8H,5-7H2,1-4H3,(H,15,16)(H,17,18)(H2,13,14,19). The summed E-state index contributed by atoms with van der Waals surface area (Å²) in [6, 6.07) is -1.77. The van der Waals surface area contributed by atoms with E-state index in [-0.39, 0.29) is 25.5 Å². The highest BCUT2D eigenvalue weighted by Gasteiger charge is 2.20. The van der Waals surface area contributed by atoms with Crippen LogP contribution in [0.15, 0.2) is 0 Å². The maximum absolute atomic E-state index is 11.5. The summed E-state index contributed by atoms with van der Waals surface area (Å²) in [5, 5.41) is 16.1. The molecule has 4 N–H and O–H groups in total. The highest BCUT2D eigenvalue weighted by molar-refractivity contribution is 5.86. The normalized spacial score (nSPS) is 12.4. The molecule has 0 radical (unpaired) electrons. The molecule has 0 heterocycles. The van der Waals surface area contributed by atoms with Crippen molar-refractivity contribution in [2.24, 2.45) is 0 Å². The van der Waals surface area contributed by atoms with E-state index in [4.69, 9.17) is 9.84 Å². The molecule has 0 saturated carbocycles. The van der Waals surface area contributed by atoms with E-state index in [9.17, 15) is 14.4 Å². The van der Waals surface area contributed by atoms with Gasteiger partial charge in [-0.1, -0.05) is 0 Å². The largest absolute Gasteiger partial charge is 0.480 e. The third kappa shape index (κ3) is 9.15. The Morgan fingerprint density at radius 3 is 2.30 bits per heavy atom. The molecular weight excluding hydrogens is 266 g/mol. The van der Waals surface area contributed by atoms with Gasteiger partial charge >= 0.3 is 12.0 Å². The molecule has 0 aromatic carbocycles. The van der Waals surface area contributed by atoms with Gasteiger partial charge in [0.05, 0.1) is 6.54 Å². The van der Waals surface area contributed by atoms with Crippen LogP contribution in [0.1, 0.15) is 27.2 Å². The number of carboxylic acid groups (broad SMARTS) is 1. The Balaban J connectivity index is 4.14. The van der Waals surface area contributed by atoms with Gasteiger partial charge in [-0.2, -0.15) is 0 Å². The Hall–Kier alpha value is -1.83. The van der Waals surface area contributed by atoms with Crippen LogP contribution in [0.25, 0.3) is 0 Å². The number of urea groups is 1. The molecule has 3 amide bonds. The molecule has 8 heteroatoms. The number of rotatable bonds is 7. The monoisotopic (exact) mass is 289 g/mol. The molecule has 0 aromatic heterocycles. The molecule has 0 bridgehead atoms. The van der Waals surface area contributed by atoms with Crippen molar-refractivity contribution in [2.75, 3.05) is 20.3 Å². The lowest BCUT2D eigenvalue weighted by Crippen LogP contribution is -2.50. The number of carbonyl (C=O) groups is 3. The van der Waals surface area contributed by atoms with Crippen molar-refractivity contribution in [3.8, 4) is 0 Å². The van der Waals surface area contributed by atoms with Crippen LogP contribution in [0, 0.1) is 0 Å². The molecule has 0 saturated heterocycles. The molecule has 1 atom stereocenters. The van der Waals surface area contributed by atoms with Gasteiger partial charge in [-0.25, -0.2) is 9.59 Å². The van der Waals surface area contributed by atoms with E-state index in [1.807, 2.05) is 20.8 Å². The molecule has 0 spiro atoms. The van der Waals surface area contributed by atoms with E-state index in [1.54, 1.807) is 0 Å². The SMILES string of the molecule is COCCC(NC(=O)NCC(=O)NC(C)(C)C)C(=O)O. The van der Waals surface area contributed by atoms with E-state index in [0.717, 1.165) is 0 Å². The lowest BCUT2D eigenvalue weighted by atomic mass is 10.1. The van der Waals surface area contributed by atoms with Gasteiger partial charge < -0.3 is 25.8 Å². The van der Waals surface area contributed by atoms with Crippen LogP contribution in [0.2, 0.25) is 0 Å². The van der Waals surface area contributed by atoms with Crippen molar-refractivity contribution in [1.29, 1.82) is 0 Å². The van der Waals surface area contributed by atoms with E-state index in [1.165, 1.54) is 7.11 Å². The zero-order valence-electron chi connectivity index (χ0n) is 12.3. The molecule has 1 unspecified atom stereocenters. The molecule has 0 fully saturated rings. The molecule has 8 nitrogen and oxygen atoms in total. The third-order valence-electron chi connectivity index (χ3n) is 2.14. The molecule has 0 aliphatic heterocycles. The molecule has 116 valence electrons. The molecule has 0 aromatic rings. The summed E-state index contributed by atoms with van der Waals surface area (Å²) in [4.78, 5) is 33.8. The number of carbonyl (C=O) groups excluding carboxylic acids is 2. The fourth-order valence-corrected chi connectivity index (χ4v) is 1.33. The fraction of sp³-hybridized carbons (Fsp3) is 0.750. The Morgan fingerprint density at radius 1 is 1.25 bits per heavy atom. The van der Waals surface area contributed by atoms with Gasteiger partial charge in [-0.05, 0) is 20.8 Å². The predicted molar refractivity (Wildman–Crippen MR) is 72.3 cm³/mol. The van der Waals surface area contributed by atoms with Crippen molar-refractivity contribution in [2.45, 2.75) is 38.8 Å². The van der Waals surface area contributed by atoms with Crippen LogP contribution in [0.3, 0.4) is 0 Å². The van der Waals surface area contributed by atoms with E-state index in [0.29, 0.717) is 0 Å². The first-order valence-corrected chi connectivity index (χ1v) is 6.23. The van der Waals surface area contributed by atoms with Crippen molar-refractivity contribution in [1.82, 2.24) is 16.0 Å². The second-order valence-corrected chi connectivity index (χ2v) is 5.30. The minimum atomic E-state index is -1.16. The highest BCUT2D eigenvalue weighted by atomic mass is 16.5. The molecule has 0 rings (SSSR count). The first kappa shape index (κ1) is 18.2. The van der Waals surface area contributed by atoms with Crippen LogP contribution >= 0.6 is 0 Å². The topological polar surface area (TPSA) is 117 Å².